The predicted molar refractivity (Wildman–Crippen MR) is 62.7 cm³/mol. The summed E-state index contributed by atoms with van der Waals surface area (Å²) in [6.07, 6.45) is 1.64. The fourth-order valence-corrected chi connectivity index (χ4v) is 3.43. The molecular formula is C9H17N5O2S. The molecule has 0 spiro atoms. The van der Waals surface area contributed by atoms with Crippen LogP contribution in [0.3, 0.4) is 0 Å². The van der Waals surface area contributed by atoms with Crippen LogP contribution in [-0.2, 0) is 23.1 Å². The number of rotatable bonds is 4. The smallest absolute Gasteiger partial charge is 0.218 e. The number of aromatic nitrogens is 3. The summed E-state index contributed by atoms with van der Waals surface area (Å²) in [6.45, 7) is 3.59. The SMILES string of the molecule is CNCC(C)S(=O)(=O)N1CCn2cnnc2C1. The van der Waals surface area contributed by atoms with Gasteiger partial charge in [-0.25, -0.2) is 8.42 Å². The first-order chi connectivity index (χ1) is 8.05. The van der Waals surface area contributed by atoms with Crippen LogP contribution in [-0.4, -0.2) is 52.9 Å². The normalized spacial score (nSPS) is 18.9. The largest absolute Gasteiger partial charge is 0.318 e. The van der Waals surface area contributed by atoms with E-state index in [9.17, 15) is 8.42 Å². The third-order valence-corrected chi connectivity index (χ3v) is 5.18. The van der Waals surface area contributed by atoms with Gasteiger partial charge in [-0.05, 0) is 14.0 Å². The zero-order valence-electron chi connectivity index (χ0n) is 10.00. The molecule has 0 aliphatic carbocycles. The molecule has 1 aromatic rings. The molecule has 0 radical (unpaired) electrons. The molecule has 0 amide bonds. The number of sulfonamides is 1. The van der Waals surface area contributed by atoms with Crippen molar-refractivity contribution in [3.05, 3.63) is 12.2 Å². The van der Waals surface area contributed by atoms with Crippen LogP contribution < -0.4 is 5.32 Å². The van der Waals surface area contributed by atoms with E-state index in [0.717, 1.165) is 0 Å². The lowest BCUT2D eigenvalue weighted by Gasteiger charge is -2.28. The Morgan fingerprint density at radius 2 is 2.29 bits per heavy atom. The molecule has 1 aliphatic heterocycles. The fourth-order valence-electron chi connectivity index (χ4n) is 1.91. The molecule has 0 bridgehead atoms. The summed E-state index contributed by atoms with van der Waals surface area (Å²) in [5.74, 6) is 0.705. The Balaban J connectivity index is 2.15. The van der Waals surface area contributed by atoms with Crippen molar-refractivity contribution in [3.8, 4) is 0 Å². The Morgan fingerprint density at radius 1 is 1.53 bits per heavy atom. The van der Waals surface area contributed by atoms with Crippen LogP contribution >= 0.6 is 0 Å². The van der Waals surface area contributed by atoms with E-state index in [1.54, 1.807) is 20.3 Å². The van der Waals surface area contributed by atoms with Crippen LogP contribution in [0.1, 0.15) is 12.7 Å². The van der Waals surface area contributed by atoms with E-state index in [1.165, 1.54) is 4.31 Å². The third-order valence-electron chi connectivity index (χ3n) is 2.96. The van der Waals surface area contributed by atoms with E-state index in [0.29, 0.717) is 32.0 Å². The molecule has 1 aliphatic rings. The van der Waals surface area contributed by atoms with Crippen molar-refractivity contribution < 1.29 is 8.42 Å². The van der Waals surface area contributed by atoms with E-state index < -0.39 is 15.3 Å². The summed E-state index contributed by atoms with van der Waals surface area (Å²) in [6, 6.07) is 0. The highest BCUT2D eigenvalue weighted by Crippen LogP contribution is 2.16. The van der Waals surface area contributed by atoms with Crippen molar-refractivity contribution in [1.29, 1.82) is 0 Å². The summed E-state index contributed by atoms with van der Waals surface area (Å²) in [5, 5.41) is 10.2. The number of fused-ring (bicyclic) bond motifs is 1. The average Bonchev–Trinajstić information content (AvgIpc) is 2.76. The van der Waals surface area contributed by atoms with Gasteiger partial charge in [0, 0.05) is 19.6 Å². The van der Waals surface area contributed by atoms with E-state index in [2.05, 4.69) is 15.5 Å². The maximum atomic E-state index is 12.2. The van der Waals surface area contributed by atoms with Gasteiger partial charge in [-0.15, -0.1) is 10.2 Å². The molecule has 1 aromatic heterocycles. The van der Waals surface area contributed by atoms with Crippen LogP contribution in [0.15, 0.2) is 6.33 Å². The monoisotopic (exact) mass is 259 g/mol. The molecule has 7 nitrogen and oxygen atoms in total. The second-order valence-corrected chi connectivity index (χ2v) is 6.54. The first-order valence-corrected chi connectivity index (χ1v) is 7.06. The highest BCUT2D eigenvalue weighted by atomic mass is 32.2. The Labute approximate surface area is 101 Å². The molecule has 1 atom stereocenters. The molecule has 1 N–H and O–H groups in total. The molecular weight excluding hydrogens is 242 g/mol. The Kier molecular flexibility index (Phi) is 3.45. The van der Waals surface area contributed by atoms with Gasteiger partial charge >= 0.3 is 0 Å². The molecule has 1 unspecified atom stereocenters. The minimum absolute atomic E-state index is 0.316. The van der Waals surface area contributed by atoms with Gasteiger partial charge in [0.05, 0.1) is 11.8 Å². The van der Waals surface area contributed by atoms with E-state index >= 15 is 0 Å². The van der Waals surface area contributed by atoms with Crippen LogP contribution in [0.5, 0.6) is 0 Å². The first kappa shape index (κ1) is 12.5. The minimum Gasteiger partial charge on any atom is -0.318 e. The number of nitrogens with zero attached hydrogens (tertiary/aromatic N) is 4. The van der Waals surface area contributed by atoms with Crippen molar-refractivity contribution >= 4 is 10.0 Å². The van der Waals surface area contributed by atoms with Crippen molar-refractivity contribution in [3.63, 3.8) is 0 Å². The molecule has 8 heteroatoms. The number of hydrogen-bond donors (Lipinski definition) is 1. The molecule has 2 rings (SSSR count). The van der Waals surface area contributed by atoms with Gasteiger partial charge in [0.1, 0.15) is 12.2 Å². The van der Waals surface area contributed by atoms with Crippen LogP contribution in [0.4, 0.5) is 0 Å². The molecule has 96 valence electrons. The fraction of sp³-hybridized carbons (Fsp3) is 0.778. The van der Waals surface area contributed by atoms with Crippen molar-refractivity contribution in [2.24, 2.45) is 0 Å². The van der Waals surface area contributed by atoms with Crippen LogP contribution in [0.25, 0.3) is 0 Å². The molecule has 0 saturated heterocycles. The summed E-state index contributed by atoms with van der Waals surface area (Å²) < 4.78 is 27.8. The Morgan fingerprint density at radius 3 is 3.00 bits per heavy atom. The van der Waals surface area contributed by atoms with Gasteiger partial charge in [0.15, 0.2) is 0 Å². The minimum atomic E-state index is -3.26. The van der Waals surface area contributed by atoms with Gasteiger partial charge in [-0.1, -0.05) is 0 Å². The zero-order chi connectivity index (χ0) is 12.5. The average molecular weight is 259 g/mol. The van der Waals surface area contributed by atoms with E-state index in [1.807, 2.05) is 4.57 Å². The second-order valence-electron chi connectivity index (χ2n) is 4.19. The van der Waals surface area contributed by atoms with Crippen molar-refractivity contribution in [2.75, 3.05) is 20.1 Å². The topological polar surface area (TPSA) is 80.1 Å². The quantitative estimate of drug-likeness (QED) is 0.752. The molecule has 0 aromatic carbocycles. The summed E-state index contributed by atoms with van der Waals surface area (Å²) >= 11 is 0. The van der Waals surface area contributed by atoms with Crippen molar-refractivity contribution in [2.45, 2.75) is 25.3 Å². The molecule has 0 fully saturated rings. The summed E-state index contributed by atoms with van der Waals surface area (Å²) in [5.41, 5.74) is 0. The lowest BCUT2D eigenvalue weighted by molar-refractivity contribution is 0.331. The van der Waals surface area contributed by atoms with Gasteiger partial charge in [-0.3, -0.25) is 0 Å². The Bertz CT molecular complexity index is 483. The van der Waals surface area contributed by atoms with Gasteiger partial charge in [0.25, 0.3) is 0 Å². The van der Waals surface area contributed by atoms with Gasteiger partial charge in [-0.2, -0.15) is 4.31 Å². The molecule has 17 heavy (non-hydrogen) atoms. The number of hydrogen-bond acceptors (Lipinski definition) is 5. The number of nitrogens with one attached hydrogen (secondary N) is 1. The second kappa shape index (κ2) is 4.71. The summed E-state index contributed by atoms with van der Waals surface area (Å²) in [4.78, 5) is 0. The molecule has 0 saturated carbocycles. The molecule has 2 heterocycles. The highest BCUT2D eigenvalue weighted by molar-refractivity contribution is 7.89. The summed E-state index contributed by atoms with van der Waals surface area (Å²) in [7, 11) is -1.51. The zero-order valence-corrected chi connectivity index (χ0v) is 10.8. The van der Waals surface area contributed by atoms with Crippen LogP contribution in [0, 0.1) is 0 Å². The van der Waals surface area contributed by atoms with Crippen LogP contribution in [0.2, 0.25) is 0 Å². The maximum Gasteiger partial charge on any atom is 0.218 e. The van der Waals surface area contributed by atoms with E-state index in [4.69, 9.17) is 0 Å². The lowest BCUT2D eigenvalue weighted by atomic mass is 10.4. The third kappa shape index (κ3) is 2.33. The standard InChI is InChI=1S/C9H17N5O2S/c1-8(5-10-2)17(15,16)14-4-3-13-7-11-12-9(13)6-14/h7-8,10H,3-6H2,1-2H3. The van der Waals surface area contributed by atoms with Gasteiger partial charge in [0.2, 0.25) is 10.0 Å². The first-order valence-electron chi connectivity index (χ1n) is 5.56. The lowest BCUT2D eigenvalue weighted by Crippen LogP contribution is -2.44. The van der Waals surface area contributed by atoms with Gasteiger partial charge < -0.3 is 9.88 Å². The predicted octanol–water partition coefficient (Wildman–Crippen LogP) is -0.969. The van der Waals surface area contributed by atoms with Crippen molar-refractivity contribution in [1.82, 2.24) is 24.4 Å². The Hall–Kier alpha value is -0.990. The van der Waals surface area contributed by atoms with E-state index in [-0.39, 0.29) is 0 Å². The maximum absolute atomic E-state index is 12.2. The highest BCUT2D eigenvalue weighted by Gasteiger charge is 2.31.